The topological polar surface area (TPSA) is 237 Å². The number of aliphatic hydroxyl groups is 1. The monoisotopic (exact) mass is 1280 g/mol. The fourth-order valence-corrected chi connectivity index (χ4v) is 11.7. The predicted molar refractivity (Wildman–Crippen MR) is 349 cm³/mol. The SMILES string of the molecule is CC(C)CCCCCCCCCCCCCC(=O)O[C@H](COC(=O)CCCCCCCCCC(C)C)COP(=O)(O)OCC(O)COP(=O)(O)OC[C@@H](COC(=O)CCCCCCCCCCCC(C)C)OC(=O)CCCCCCCCCCC(C)C. The predicted octanol–water partition coefficient (Wildman–Crippen LogP) is 18.9. The van der Waals surface area contributed by atoms with Crippen molar-refractivity contribution in [2.75, 3.05) is 39.6 Å². The van der Waals surface area contributed by atoms with E-state index in [1.807, 2.05) is 0 Å². The van der Waals surface area contributed by atoms with Crippen molar-refractivity contribution in [2.45, 2.75) is 350 Å². The highest BCUT2D eigenvalue weighted by Gasteiger charge is 2.30. The molecule has 0 aliphatic heterocycles. The molecule has 19 heteroatoms. The lowest BCUT2D eigenvalue weighted by Gasteiger charge is -2.21. The zero-order chi connectivity index (χ0) is 64.7. The van der Waals surface area contributed by atoms with Gasteiger partial charge in [0.15, 0.2) is 12.2 Å². The van der Waals surface area contributed by atoms with Crippen LogP contribution in [0.1, 0.15) is 331 Å². The number of phosphoric ester groups is 2. The zero-order valence-electron chi connectivity index (χ0n) is 56.6. The lowest BCUT2D eigenvalue weighted by Crippen LogP contribution is -2.30. The summed E-state index contributed by atoms with van der Waals surface area (Å²) >= 11 is 0. The van der Waals surface area contributed by atoms with Gasteiger partial charge >= 0.3 is 39.5 Å². The summed E-state index contributed by atoms with van der Waals surface area (Å²) in [5.41, 5.74) is 0. The van der Waals surface area contributed by atoms with Crippen molar-refractivity contribution in [3.05, 3.63) is 0 Å². The molecule has 3 unspecified atom stereocenters. The first kappa shape index (κ1) is 85.1. The third-order valence-corrected chi connectivity index (χ3v) is 17.5. The number of hydrogen-bond donors (Lipinski definition) is 3. The van der Waals surface area contributed by atoms with E-state index >= 15 is 0 Å². The number of ether oxygens (including phenoxy) is 4. The van der Waals surface area contributed by atoms with Gasteiger partial charge in [0, 0.05) is 25.7 Å². The highest BCUT2D eigenvalue weighted by Crippen LogP contribution is 2.45. The number of phosphoric acid groups is 2. The van der Waals surface area contributed by atoms with E-state index in [0.29, 0.717) is 31.6 Å². The number of hydrogen-bond acceptors (Lipinski definition) is 15. The van der Waals surface area contributed by atoms with Gasteiger partial charge in [-0.05, 0) is 49.4 Å². The Morgan fingerprint density at radius 3 is 0.713 bits per heavy atom. The second kappa shape index (κ2) is 57.9. The molecule has 5 atom stereocenters. The number of unbranched alkanes of at least 4 members (excludes halogenated alkanes) is 31. The van der Waals surface area contributed by atoms with Crippen LogP contribution in [0.4, 0.5) is 0 Å². The highest BCUT2D eigenvalue weighted by molar-refractivity contribution is 7.47. The van der Waals surface area contributed by atoms with Crippen LogP contribution in [0.15, 0.2) is 0 Å². The fourth-order valence-electron chi connectivity index (χ4n) is 10.1. The van der Waals surface area contributed by atoms with Gasteiger partial charge in [0.1, 0.15) is 19.3 Å². The molecule has 0 saturated heterocycles. The van der Waals surface area contributed by atoms with Crippen LogP contribution in [0.3, 0.4) is 0 Å². The summed E-state index contributed by atoms with van der Waals surface area (Å²) in [6.45, 7) is 14.0. The fraction of sp³-hybridized carbons (Fsp3) is 0.941. The van der Waals surface area contributed by atoms with Crippen molar-refractivity contribution >= 4 is 39.5 Å². The molecule has 87 heavy (non-hydrogen) atoms. The Bertz CT molecular complexity index is 1730. The minimum Gasteiger partial charge on any atom is -0.462 e. The maximum atomic E-state index is 13.0. The molecule has 516 valence electrons. The van der Waals surface area contributed by atoms with Gasteiger partial charge in [0.25, 0.3) is 0 Å². The molecular weight excluding hydrogens is 1150 g/mol. The first-order valence-electron chi connectivity index (χ1n) is 35.2. The van der Waals surface area contributed by atoms with Gasteiger partial charge in [0.05, 0.1) is 26.4 Å². The van der Waals surface area contributed by atoms with Crippen LogP contribution >= 0.6 is 15.6 Å². The lowest BCUT2D eigenvalue weighted by atomic mass is 10.0. The van der Waals surface area contributed by atoms with Gasteiger partial charge in [-0.2, -0.15) is 0 Å². The minimum absolute atomic E-state index is 0.103. The molecule has 3 N–H and O–H groups in total. The summed E-state index contributed by atoms with van der Waals surface area (Å²) in [6.07, 6.45) is 39.0. The Labute approximate surface area is 530 Å². The smallest absolute Gasteiger partial charge is 0.462 e. The van der Waals surface area contributed by atoms with E-state index in [1.54, 1.807) is 0 Å². The van der Waals surface area contributed by atoms with Crippen molar-refractivity contribution in [1.82, 2.24) is 0 Å². The Balaban J connectivity index is 5.25. The first-order chi connectivity index (χ1) is 41.6. The van der Waals surface area contributed by atoms with E-state index in [9.17, 15) is 43.2 Å². The third kappa shape index (κ3) is 62.6. The Hall–Kier alpha value is -1.94. The summed E-state index contributed by atoms with van der Waals surface area (Å²) < 4.78 is 68.2. The largest absolute Gasteiger partial charge is 0.472 e. The van der Waals surface area contributed by atoms with Crippen molar-refractivity contribution in [3.63, 3.8) is 0 Å². The summed E-state index contributed by atoms with van der Waals surface area (Å²) in [5.74, 6) is 0.798. The van der Waals surface area contributed by atoms with Gasteiger partial charge in [-0.25, -0.2) is 9.13 Å². The van der Waals surface area contributed by atoms with E-state index < -0.39 is 97.5 Å². The number of aliphatic hydroxyl groups excluding tert-OH is 1. The summed E-state index contributed by atoms with van der Waals surface area (Å²) in [5, 5.41) is 10.6. The normalized spacial score (nSPS) is 14.3. The van der Waals surface area contributed by atoms with E-state index in [4.69, 9.17) is 37.0 Å². The average Bonchev–Trinajstić information content (AvgIpc) is 3.67. The number of carbonyl (C=O) groups excluding carboxylic acids is 4. The molecular formula is C68H132O17P2. The summed E-state index contributed by atoms with van der Waals surface area (Å²) in [4.78, 5) is 72.4. The van der Waals surface area contributed by atoms with Gasteiger partial charge in [-0.15, -0.1) is 0 Å². The van der Waals surface area contributed by atoms with E-state index in [2.05, 4.69) is 55.4 Å². The molecule has 0 aromatic rings. The lowest BCUT2D eigenvalue weighted by molar-refractivity contribution is -0.161. The zero-order valence-corrected chi connectivity index (χ0v) is 58.4. The van der Waals surface area contributed by atoms with Crippen molar-refractivity contribution in [3.8, 4) is 0 Å². The quantitative estimate of drug-likeness (QED) is 0.0222. The Morgan fingerprint density at radius 1 is 0.287 bits per heavy atom. The third-order valence-electron chi connectivity index (χ3n) is 15.6. The molecule has 0 radical (unpaired) electrons. The van der Waals surface area contributed by atoms with Gasteiger partial charge < -0.3 is 33.8 Å². The molecule has 0 amide bonds. The van der Waals surface area contributed by atoms with Crippen LogP contribution in [0.5, 0.6) is 0 Å². The van der Waals surface area contributed by atoms with Crippen molar-refractivity contribution in [2.24, 2.45) is 23.7 Å². The van der Waals surface area contributed by atoms with Gasteiger partial charge in [0.2, 0.25) is 0 Å². The van der Waals surface area contributed by atoms with E-state index in [-0.39, 0.29) is 25.7 Å². The molecule has 0 rings (SSSR count). The van der Waals surface area contributed by atoms with E-state index in [0.717, 1.165) is 114 Å². The van der Waals surface area contributed by atoms with Crippen LogP contribution in [-0.2, 0) is 65.4 Å². The molecule has 0 aliphatic rings. The molecule has 17 nitrogen and oxygen atoms in total. The standard InChI is InChI=1S/C68H132O17P2/c1-58(2)44-36-28-20-13-10-9-11-15-25-34-42-50-67(72)84-64(55-79-66(71)49-41-33-27-19-23-31-39-47-61(7)8)57-83-87(76,77)81-53-62(69)52-80-86(74,75)82-56-63(85-68(73)51-43-35-26-18-17-22-30-38-46-60(5)6)54-78-65(70)48-40-32-24-16-12-14-21-29-37-45-59(3)4/h58-64,69H,9-57H2,1-8H3,(H,74,75)(H,76,77)/t62?,63-,64-/m1/s1. The average molecular weight is 1280 g/mol. The first-order valence-corrected chi connectivity index (χ1v) is 38.2. The Morgan fingerprint density at radius 2 is 0.483 bits per heavy atom. The maximum absolute atomic E-state index is 13.0. The number of rotatable bonds is 65. The molecule has 0 aromatic heterocycles. The second-order valence-corrected chi connectivity index (χ2v) is 29.4. The molecule has 0 aliphatic carbocycles. The second-order valence-electron chi connectivity index (χ2n) is 26.5. The van der Waals surface area contributed by atoms with Crippen LogP contribution in [0.2, 0.25) is 0 Å². The molecule has 0 saturated carbocycles. The van der Waals surface area contributed by atoms with Crippen LogP contribution < -0.4 is 0 Å². The van der Waals surface area contributed by atoms with Crippen molar-refractivity contribution in [1.29, 1.82) is 0 Å². The molecule has 0 bridgehead atoms. The number of esters is 4. The minimum atomic E-state index is -4.95. The maximum Gasteiger partial charge on any atom is 0.472 e. The highest BCUT2D eigenvalue weighted by atomic mass is 31.2. The van der Waals surface area contributed by atoms with Crippen LogP contribution in [0.25, 0.3) is 0 Å². The van der Waals surface area contributed by atoms with Gasteiger partial charge in [-0.1, -0.05) is 280 Å². The molecule has 0 fully saturated rings. The summed E-state index contributed by atoms with van der Waals surface area (Å²) in [6, 6.07) is 0. The molecule has 0 heterocycles. The Kier molecular flexibility index (Phi) is 56.6. The molecule has 0 spiro atoms. The van der Waals surface area contributed by atoms with E-state index in [1.165, 1.54) is 128 Å². The van der Waals surface area contributed by atoms with Gasteiger partial charge in [-0.3, -0.25) is 37.3 Å². The van der Waals surface area contributed by atoms with Crippen LogP contribution in [0, 0.1) is 23.7 Å². The summed E-state index contributed by atoms with van der Waals surface area (Å²) in [7, 11) is -9.90. The number of carbonyl (C=O) groups is 4. The molecule has 0 aromatic carbocycles. The van der Waals surface area contributed by atoms with Crippen LogP contribution in [-0.4, -0.2) is 96.7 Å². The van der Waals surface area contributed by atoms with Crippen molar-refractivity contribution < 1.29 is 80.2 Å².